The molecule has 0 aliphatic carbocycles. The van der Waals surface area contributed by atoms with Crippen LogP contribution in [-0.2, 0) is 6.54 Å². The van der Waals surface area contributed by atoms with Crippen LogP contribution in [0.25, 0.3) is 0 Å². The van der Waals surface area contributed by atoms with Crippen molar-refractivity contribution in [3.05, 3.63) is 29.3 Å². The summed E-state index contributed by atoms with van der Waals surface area (Å²) in [5.41, 5.74) is 2.64. The Morgan fingerprint density at radius 3 is 2.61 bits per heavy atom. The van der Waals surface area contributed by atoms with Gasteiger partial charge in [0.15, 0.2) is 0 Å². The van der Waals surface area contributed by atoms with Crippen molar-refractivity contribution in [3.8, 4) is 5.75 Å². The first-order chi connectivity index (χ1) is 8.76. The van der Waals surface area contributed by atoms with Gasteiger partial charge >= 0.3 is 0 Å². The molecular formula is C15H22N2O. The number of rotatable bonds is 3. The van der Waals surface area contributed by atoms with Gasteiger partial charge in [-0.25, -0.2) is 0 Å². The van der Waals surface area contributed by atoms with Crippen LogP contribution in [0.15, 0.2) is 18.2 Å². The number of aryl methyl sites for hydroxylation is 1. The molecule has 1 aromatic rings. The van der Waals surface area contributed by atoms with Crippen LogP contribution >= 0.6 is 0 Å². The zero-order valence-electron chi connectivity index (χ0n) is 11.3. The first-order valence-corrected chi connectivity index (χ1v) is 6.83. The molecule has 3 nitrogen and oxygen atoms in total. The minimum Gasteiger partial charge on any atom is -0.496 e. The van der Waals surface area contributed by atoms with Crippen molar-refractivity contribution >= 4 is 0 Å². The molecule has 0 spiro atoms. The van der Waals surface area contributed by atoms with Crippen molar-refractivity contribution in [1.29, 1.82) is 0 Å². The smallest absolute Gasteiger partial charge is 0.121 e. The number of benzene rings is 1. The van der Waals surface area contributed by atoms with Crippen LogP contribution in [0.5, 0.6) is 5.75 Å². The van der Waals surface area contributed by atoms with E-state index < -0.39 is 0 Å². The van der Waals surface area contributed by atoms with Gasteiger partial charge in [0, 0.05) is 19.6 Å². The van der Waals surface area contributed by atoms with Gasteiger partial charge in [-0.2, -0.15) is 0 Å². The average Bonchev–Trinajstić information content (AvgIpc) is 2.90. The molecule has 18 heavy (non-hydrogen) atoms. The molecule has 0 radical (unpaired) electrons. The fourth-order valence-corrected chi connectivity index (χ4v) is 3.38. The Bertz CT molecular complexity index is 421. The van der Waals surface area contributed by atoms with Crippen molar-refractivity contribution in [2.75, 3.05) is 33.3 Å². The maximum Gasteiger partial charge on any atom is 0.121 e. The van der Waals surface area contributed by atoms with E-state index in [1.807, 2.05) is 0 Å². The lowest BCUT2D eigenvalue weighted by Gasteiger charge is -2.17. The highest BCUT2D eigenvalue weighted by Crippen LogP contribution is 2.28. The van der Waals surface area contributed by atoms with Gasteiger partial charge in [-0.3, -0.25) is 4.90 Å². The molecule has 2 aliphatic heterocycles. The van der Waals surface area contributed by atoms with Gasteiger partial charge in [0.05, 0.1) is 7.11 Å². The number of ether oxygens (including phenoxy) is 1. The van der Waals surface area contributed by atoms with E-state index in [9.17, 15) is 0 Å². The maximum absolute atomic E-state index is 5.31. The van der Waals surface area contributed by atoms with Gasteiger partial charge < -0.3 is 10.1 Å². The van der Waals surface area contributed by atoms with Gasteiger partial charge in [-0.1, -0.05) is 12.1 Å². The monoisotopic (exact) mass is 246 g/mol. The number of nitrogens with zero attached hydrogens (tertiary/aromatic N) is 1. The Balaban J connectivity index is 1.65. The van der Waals surface area contributed by atoms with E-state index in [2.05, 4.69) is 35.3 Å². The molecule has 98 valence electrons. The highest BCUT2D eigenvalue weighted by molar-refractivity contribution is 5.36. The largest absolute Gasteiger partial charge is 0.496 e. The fraction of sp³-hybridized carbons (Fsp3) is 0.600. The molecule has 2 heterocycles. The third kappa shape index (κ3) is 2.25. The quantitative estimate of drug-likeness (QED) is 0.878. The highest BCUT2D eigenvalue weighted by atomic mass is 16.5. The second kappa shape index (κ2) is 4.90. The van der Waals surface area contributed by atoms with E-state index in [1.54, 1.807) is 7.11 Å². The molecule has 2 unspecified atom stereocenters. The second-order valence-corrected chi connectivity index (χ2v) is 5.68. The third-order valence-corrected chi connectivity index (χ3v) is 4.33. The molecule has 1 aromatic carbocycles. The van der Waals surface area contributed by atoms with E-state index in [4.69, 9.17) is 4.74 Å². The van der Waals surface area contributed by atoms with Crippen LogP contribution in [0.2, 0.25) is 0 Å². The van der Waals surface area contributed by atoms with Crippen LogP contribution in [-0.4, -0.2) is 38.2 Å². The van der Waals surface area contributed by atoms with Gasteiger partial charge in [0.2, 0.25) is 0 Å². The fourth-order valence-electron chi connectivity index (χ4n) is 3.38. The Labute approximate surface area is 109 Å². The van der Waals surface area contributed by atoms with Gasteiger partial charge in [-0.15, -0.1) is 0 Å². The summed E-state index contributed by atoms with van der Waals surface area (Å²) in [7, 11) is 1.73. The van der Waals surface area contributed by atoms with Crippen molar-refractivity contribution in [2.24, 2.45) is 11.8 Å². The van der Waals surface area contributed by atoms with E-state index in [-0.39, 0.29) is 0 Å². The number of fused-ring (bicyclic) bond motifs is 1. The molecule has 1 N–H and O–H groups in total. The Morgan fingerprint density at radius 1 is 1.28 bits per heavy atom. The molecule has 0 bridgehead atoms. The zero-order valence-corrected chi connectivity index (χ0v) is 11.3. The van der Waals surface area contributed by atoms with E-state index >= 15 is 0 Å². The standard InChI is InChI=1S/C15H22N2O/c1-11-5-12(3-4-15(11)18-2)8-17-9-13-6-16-7-14(13)10-17/h3-5,13-14,16H,6-10H2,1-2H3. The molecule has 2 aliphatic rings. The molecule has 0 saturated carbocycles. The number of hydrogen-bond donors (Lipinski definition) is 1. The van der Waals surface area contributed by atoms with Gasteiger partial charge in [-0.05, 0) is 49.0 Å². The predicted octanol–water partition coefficient (Wildman–Crippen LogP) is 1.65. The zero-order chi connectivity index (χ0) is 12.5. The van der Waals surface area contributed by atoms with Crippen LogP contribution in [0.4, 0.5) is 0 Å². The lowest BCUT2D eigenvalue weighted by atomic mass is 10.0. The van der Waals surface area contributed by atoms with Crippen LogP contribution in [0, 0.1) is 18.8 Å². The minimum absolute atomic E-state index is 0.879. The molecule has 2 saturated heterocycles. The lowest BCUT2D eigenvalue weighted by Crippen LogP contribution is -2.25. The summed E-state index contributed by atoms with van der Waals surface area (Å²) in [5, 5.41) is 3.49. The summed E-state index contributed by atoms with van der Waals surface area (Å²) >= 11 is 0. The van der Waals surface area contributed by atoms with E-state index in [0.717, 1.165) is 24.1 Å². The molecule has 3 heteroatoms. The Morgan fingerprint density at radius 2 is 2.00 bits per heavy atom. The summed E-state index contributed by atoms with van der Waals surface area (Å²) in [6.45, 7) is 8.12. The number of hydrogen-bond acceptors (Lipinski definition) is 3. The lowest BCUT2D eigenvalue weighted by molar-refractivity contribution is 0.305. The van der Waals surface area contributed by atoms with Crippen LogP contribution in [0.3, 0.4) is 0 Å². The average molecular weight is 246 g/mol. The van der Waals surface area contributed by atoms with E-state index in [1.165, 1.54) is 37.3 Å². The van der Waals surface area contributed by atoms with Crippen LogP contribution in [0.1, 0.15) is 11.1 Å². The molecule has 2 atom stereocenters. The van der Waals surface area contributed by atoms with E-state index in [0.29, 0.717) is 0 Å². The molecular weight excluding hydrogens is 224 g/mol. The van der Waals surface area contributed by atoms with Crippen molar-refractivity contribution < 1.29 is 4.74 Å². The van der Waals surface area contributed by atoms with Crippen molar-refractivity contribution in [3.63, 3.8) is 0 Å². The normalized spacial score (nSPS) is 27.4. The highest BCUT2D eigenvalue weighted by Gasteiger charge is 2.35. The second-order valence-electron chi connectivity index (χ2n) is 5.68. The number of nitrogens with one attached hydrogen (secondary N) is 1. The molecule has 0 amide bonds. The molecule has 2 fully saturated rings. The first kappa shape index (κ1) is 12.0. The summed E-state index contributed by atoms with van der Waals surface area (Å²) in [6.07, 6.45) is 0. The van der Waals surface area contributed by atoms with Crippen molar-refractivity contribution in [2.45, 2.75) is 13.5 Å². The molecule has 0 aromatic heterocycles. The maximum atomic E-state index is 5.31. The summed E-state index contributed by atoms with van der Waals surface area (Å²) in [5.74, 6) is 2.75. The Kier molecular flexibility index (Phi) is 3.27. The van der Waals surface area contributed by atoms with Gasteiger partial charge in [0.1, 0.15) is 5.75 Å². The third-order valence-electron chi connectivity index (χ3n) is 4.33. The van der Waals surface area contributed by atoms with Gasteiger partial charge in [0.25, 0.3) is 0 Å². The summed E-state index contributed by atoms with van der Waals surface area (Å²) in [4.78, 5) is 2.59. The SMILES string of the molecule is COc1ccc(CN2CC3CNCC3C2)cc1C. The summed E-state index contributed by atoms with van der Waals surface area (Å²) < 4.78 is 5.31. The first-order valence-electron chi connectivity index (χ1n) is 6.83. The summed E-state index contributed by atoms with van der Waals surface area (Å²) in [6, 6.07) is 6.53. The van der Waals surface area contributed by atoms with Crippen LogP contribution < -0.4 is 10.1 Å². The Hall–Kier alpha value is -1.06. The topological polar surface area (TPSA) is 24.5 Å². The minimum atomic E-state index is 0.879. The van der Waals surface area contributed by atoms with Crippen molar-refractivity contribution in [1.82, 2.24) is 10.2 Å². The predicted molar refractivity (Wildman–Crippen MR) is 72.9 cm³/mol. The molecule has 3 rings (SSSR count). The number of likely N-dealkylation sites (tertiary alicyclic amines) is 1. The number of methoxy groups -OCH3 is 1.